The van der Waals surface area contributed by atoms with Gasteiger partial charge < -0.3 is 10.1 Å². The summed E-state index contributed by atoms with van der Waals surface area (Å²) in [7, 11) is 1.56. The van der Waals surface area contributed by atoms with Gasteiger partial charge in [0.2, 0.25) is 0 Å². The number of benzene rings is 2. The van der Waals surface area contributed by atoms with E-state index in [2.05, 4.69) is 5.32 Å². The molecule has 0 spiro atoms. The van der Waals surface area contributed by atoms with Gasteiger partial charge in [-0.3, -0.25) is 33.8 Å². The van der Waals surface area contributed by atoms with Gasteiger partial charge in [0.05, 0.1) is 23.1 Å². The Morgan fingerprint density at radius 3 is 2.36 bits per heavy atom. The second kappa shape index (κ2) is 10.8. The van der Waals surface area contributed by atoms with Gasteiger partial charge in [-0.2, -0.15) is 0 Å². The van der Waals surface area contributed by atoms with Gasteiger partial charge in [0.25, 0.3) is 28.9 Å². The number of hydrogen-bond donors (Lipinski definition) is 1. The van der Waals surface area contributed by atoms with E-state index in [1.807, 2.05) is 6.92 Å². The number of nitrogens with zero attached hydrogens (tertiary/aromatic N) is 2. The van der Waals surface area contributed by atoms with Gasteiger partial charge >= 0.3 is 0 Å². The number of carbonyl (C=O) groups is 5. The number of carbonyl (C=O) groups excluding carboxylic acids is 5. The van der Waals surface area contributed by atoms with Crippen molar-refractivity contribution in [1.82, 2.24) is 15.1 Å². The summed E-state index contributed by atoms with van der Waals surface area (Å²) in [5.41, 5.74) is 1.47. The number of nitrogens with one attached hydrogen (secondary N) is 1. The Bertz CT molecular complexity index is 1270. The Balaban J connectivity index is 1.35. The van der Waals surface area contributed by atoms with Crippen molar-refractivity contribution in [3.8, 4) is 5.75 Å². The Morgan fingerprint density at radius 1 is 0.944 bits per heavy atom. The number of fused-ring (bicyclic) bond motifs is 1. The van der Waals surface area contributed by atoms with Crippen LogP contribution in [-0.4, -0.2) is 65.4 Å². The van der Waals surface area contributed by atoms with Crippen LogP contribution in [0.25, 0.3) is 6.08 Å². The fourth-order valence-corrected chi connectivity index (χ4v) is 4.74. The lowest BCUT2D eigenvalue weighted by atomic mass is 10.1. The van der Waals surface area contributed by atoms with Gasteiger partial charge in [-0.1, -0.05) is 25.5 Å². The van der Waals surface area contributed by atoms with E-state index in [4.69, 9.17) is 4.74 Å². The van der Waals surface area contributed by atoms with Crippen LogP contribution >= 0.6 is 11.8 Å². The van der Waals surface area contributed by atoms with Crippen LogP contribution in [0.1, 0.15) is 56.4 Å². The summed E-state index contributed by atoms with van der Waals surface area (Å²) in [5.74, 6) is -0.962. The molecule has 2 aromatic rings. The molecule has 1 saturated heterocycles. The standard InChI is InChI=1S/C26H25N3O6S/c1-3-4-12-28-23(31)19-10-7-17(15-20(19)24(28)32)22(30)27-11-13-29-25(33)21(36-26(29)34)14-16-5-8-18(35-2)9-6-16/h5-10,14-15H,3-4,11-13H2,1-2H3,(H,27,30)/b21-14+. The van der Waals surface area contributed by atoms with Crippen molar-refractivity contribution >= 4 is 46.7 Å². The molecule has 0 atom stereocenters. The summed E-state index contributed by atoms with van der Waals surface area (Å²) in [6.07, 6.45) is 3.19. The third kappa shape index (κ3) is 5.03. The Labute approximate surface area is 212 Å². The highest BCUT2D eigenvalue weighted by atomic mass is 32.2. The molecule has 0 unspecified atom stereocenters. The highest BCUT2D eigenvalue weighted by Gasteiger charge is 2.36. The van der Waals surface area contributed by atoms with Crippen molar-refractivity contribution in [2.45, 2.75) is 19.8 Å². The van der Waals surface area contributed by atoms with Gasteiger partial charge in [0.15, 0.2) is 0 Å². The Kier molecular flexibility index (Phi) is 7.54. The molecule has 5 amide bonds. The minimum absolute atomic E-state index is 0.00348. The molecule has 2 aromatic carbocycles. The second-order valence-corrected chi connectivity index (χ2v) is 9.23. The molecule has 4 rings (SSSR count). The first kappa shape index (κ1) is 25.2. The number of hydrogen-bond acceptors (Lipinski definition) is 7. The maximum atomic E-state index is 12.7. The van der Waals surface area contributed by atoms with E-state index in [1.165, 1.54) is 23.1 Å². The smallest absolute Gasteiger partial charge is 0.293 e. The summed E-state index contributed by atoms with van der Waals surface area (Å²) >= 11 is 0.842. The zero-order valence-corrected chi connectivity index (χ0v) is 20.7. The number of thioether (sulfide) groups is 1. The minimum Gasteiger partial charge on any atom is -0.497 e. The highest BCUT2D eigenvalue weighted by Crippen LogP contribution is 2.32. The zero-order chi connectivity index (χ0) is 25.8. The number of rotatable bonds is 9. The molecule has 0 radical (unpaired) electrons. The molecule has 2 aliphatic rings. The molecule has 2 heterocycles. The molecule has 9 nitrogen and oxygen atoms in total. The summed E-state index contributed by atoms with van der Waals surface area (Å²) in [4.78, 5) is 65.4. The lowest BCUT2D eigenvalue weighted by Crippen LogP contribution is -2.37. The van der Waals surface area contributed by atoms with Crippen LogP contribution in [0.5, 0.6) is 5.75 Å². The highest BCUT2D eigenvalue weighted by molar-refractivity contribution is 8.18. The average molecular weight is 508 g/mol. The molecular formula is C26H25N3O6S. The van der Waals surface area contributed by atoms with Gasteiger partial charge in [-0.25, -0.2) is 0 Å². The molecular weight excluding hydrogens is 482 g/mol. The largest absolute Gasteiger partial charge is 0.497 e. The molecule has 0 saturated carbocycles. The van der Waals surface area contributed by atoms with Gasteiger partial charge in [-0.15, -0.1) is 0 Å². The van der Waals surface area contributed by atoms with Crippen LogP contribution < -0.4 is 10.1 Å². The van der Waals surface area contributed by atoms with E-state index < -0.39 is 23.0 Å². The normalized spacial score (nSPS) is 16.2. The van der Waals surface area contributed by atoms with Crippen LogP contribution in [0.15, 0.2) is 47.4 Å². The van der Waals surface area contributed by atoms with E-state index >= 15 is 0 Å². The number of imide groups is 2. The van der Waals surface area contributed by atoms with E-state index in [0.29, 0.717) is 23.6 Å². The van der Waals surface area contributed by atoms with Crippen LogP contribution in [0.4, 0.5) is 4.79 Å². The predicted octanol–water partition coefficient (Wildman–Crippen LogP) is 3.56. The van der Waals surface area contributed by atoms with Crippen molar-refractivity contribution in [2.75, 3.05) is 26.7 Å². The molecule has 0 aromatic heterocycles. The van der Waals surface area contributed by atoms with Crippen LogP contribution in [-0.2, 0) is 4.79 Å². The first-order valence-corrected chi connectivity index (χ1v) is 12.3. The third-order valence-corrected chi connectivity index (χ3v) is 6.78. The van der Waals surface area contributed by atoms with Gasteiger partial charge in [0, 0.05) is 25.2 Å². The maximum absolute atomic E-state index is 12.7. The lowest BCUT2D eigenvalue weighted by molar-refractivity contribution is -0.122. The zero-order valence-electron chi connectivity index (χ0n) is 19.9. The van der Waals surface area contributed by atoms with Crippen molar-refractivity contribution in [2.24, 2.45) is 0 Å². The number of unbranched alkanes of at least 4 members (excludes halogenated alkanes) is 1. The van der Waals surface area contributed by atoms with Crippen molar-refractivity contribution in [3.05, 3.63) is 69.6 Å². The fourth-order valence-electron chi connectivity index (χ4n) is 3.88. The van der Waals surface area contributed by atoms with E-state index in [0.717, 1.165) is 28.6 Å². The molecule has 36 heavy (non-hydrogen) atoms. The van der Waals surface area contributed by atoms with Crippen LogP contribution in [0, 0.1) is 0 Å². The average Bonchev–Trinajstić information content (AvgIpc) is 3.29. The molecule has 10 heteroatoms. The molecule has 1 N–H and O–H groups in total. The van der Waals surface area contributed by atoms with Crippen molar-refractivity contribution < 1.29 is 28.7 Å². The fraction of sp³-hybridized carbons (Fsp3) is 0.269. The summed E-state index contributed by atoms with van der Waals surface area (Å²) in [5, 5.41) is 2.26. The Morgan fingerprint density at radius 2 is 1.67 bits per heavy atom. The monoisotopic (exact) mass is 507 g/mol. The first-order valence-electron chi connectivity index (χ1n) is 11.5. The van der Waals surface area contributed by atoms with Crippen molar-refractivity contribution in [3.63, 3.8) is 0 Å². The molecule has 0 bridgehead atoms. The molecule has 186 valence electrons. The first-order chi connectivity index (χ1) is 17.3. The van der Waals surface area contributed by atoms with E-state index in [-0.39, 0.29) is 35.7 Å². The maximum Gasteiger partial charge on any atom is 0.293 e. The number of methoxy groups -OCH3 is 1. The second-order valence-electron chi connectivity index (χ2n) is 8.24. The minimum atomic E-state index is -0.467. The van der Waals surface area contributed by atoms with Crippen LogP contribution in [0.3, 0.4) is 0 Å². The quantitative estimate of drug-likeness (QED) is 0.408. The van der Waals surface area contributed by atoms with Crippen molar-refractivity contribution in [1.29, 1.82) is 0 Å². The summed E-state index contributed by atoms with van der Waals surface area (Å²) < 4.78 is 5.12. The Hall–Kier alpha value is -3.92. The van der Waals surface area contributed by atoms with E-state index in [9.17, 15) is 24.0 Å². The molecule has 1 fully saturated rings. The topological polar surface area (TPSA) is 113 Å². The van der Waals surface area contributed by atoms with E-state index in [1.54, 1.807) is 37.5 Å². The number of amides is 5. The van der Waals surface area contributed by atoms with Crippen LogP contribution in [0.2, 0.25) is 0 Å². The van der Waals surface area contributed by atoms with Gasteiger partial charge in [0.1, 0.15) is 5.75 Å². The predicted molar refractivity (Wildman–Crippen MR) is 135 cm³/mol. The number of ether oxygens (including phenoxy) is 1. The lowest BCUT2D eigenvalue weighted by Gasteiger charge is -2.13. The third-order valence-electron chi connectivity index (χ3n) is 5.88. The summed E-state index contributed by atoms with van der Waals surface area (Å²) in [6, 6.07) is 11.5. The molecule has 2 aliphatic heterocycles. The summed E-state index contributed by atoms with van der Waals surface area (Å²) in [6.45, 7) is 2.36. The SMILES string of the molecule is CCCCN1C(=O)c2ccc(C(=O)NCCN3C(=O)S/C(=C/c4ccc(OC)cc4)C3=O)cc2C1=O. The van der Waals surface area contributed by atoms with Gasteiger partial charge in [-0.05, 0) is 60.2 Å². The molecule has 0 aliphatic carbocycles.